The van der Waals surface area contributed by atoms with Gasteiger partial charge >= 0.3 is 0 Å². The van der Waals surface area contributed by atoms with E-state index in [0.717, 1.165) is 16.9 Å². The summed E-state index contributed by atoms with van der Waals surface area (Å²) in [6.45, 7) is 1.81. The standard InChI is InChI=1S/C16H14N4O/c1-2-5-15(21)18-13-7-3-6-12(10-13)14-11-20-9-4-8-17-16(20)19-14/h2-11H,1H3,(H,18,21)/b5-2-. The molecule has 0 saturated carbocycles. The number of hydrogen-bond donors (Lipinski definition) is 1. The molecule has 0 unspecified atom stereocenters. The number of nitrogens with one attached hydrogen (secondary N) is 1. The minimum absolute atomic E-state index is 0.147. The van der Waals surface area contributed by atoms with Crippen molar-refractivity contribution < 1.29 is 4.79 Å². The molecule has 1 aromatic carbocycles. The second-order valence-corrected chi connectivity index (χ2v) is 4.52. The van der Waals surface area contributed by atoms with Gasteiger partial charge in [-0.3, -0.25) is 9.20 Å². The van der Waals surface area contributed by atoms with Crippen LogP contribution in [0.25, 0.3) is 17.0 Å². The highest BCUT2D eigenvalue weighted by Crippen LogP contribution is 2.22. The Hall–Kier alpha value is -2.95. The fraction of sp³-hybridized carbons (Fsp3) is 0.0625. The Kier molecular flexibility index (Phi) is 3.47. The van der Waals surface area contributed by atoms with E-state index in [4.69, 9.17) is 0 Å². The molecular formula is C16H14N4O. The number of aromatic nitrogens is 3. The molecule has 1 amide bonds. The molecule has 0 spiro atoms. The van der Waals surface area contributed by atoms with Crippen molar-refractivity contribution in [2.45, 2.75) is 6.92 Å². The number of hydrogen-bond acceptors (Lipinski definition) is 3. The molecule has 21 heavy (non-hydrogen) atoms. The number of carbonyl (C=O) groups excluding carboxylic acids is 1. The molecule has 0 aliphatic rings. The molecule has 0 fully saturated rings. The number of carbonyl (C=O) groups is 1. The van der Waals surface area contributed by atoms with Gasteiger partial charge in [0, 0.05) is 29.8 Å². The first kappa shape index (κ1) is 13.1. The predicted molar refractivity (Wildman–Crippen MR) is 81.9 cm³/mol. The lowest BCUT2D eigenvalue weighted by Gasteiger charge is -2.03. The van der Waals surface area contributed by atoms with Gasteiger partial charge in [-0.2, -0.15) is 0 Å². The zero-order valence-corrected chi connectivity index (χ0v) is 11.5. The van der Waals surface area contributed by atoms with Gasteiger partial charge in [0.15, 0.2) is 0 Å². The molecule has 0 aliphatic carbocycles. The molecule has 0 aliphatic heterocycles. The number of anilines is 1. The van der Waals surface area contributed by atoms with Gasteiger partial charge in [0.2, 0.25) is 11.7 Å². The average Bonchev–Trinajstić information content (AvgIpc) is 2.91. The third-order valence-electron chi connectivity index (χ3n) is 2.98. The number of allylic oxidation sites excluding steroid dienone is 1. The second kappa shape index (κ2) is 5.58. The summed E-state index contributed by atoms with van der Waals surface area (Å²) in [4.78, 5) is 20.2. The average molecular weight is 278 g/mol. The zero-order valence-electron chi connectivity index (χ0n) is 11.5. The topological polar surface area (TPSA) is 59.3 Å². The molecule has 2 heterocycles. The van der Waals surface area contributed by atoms with E-state index in [1.165, 1.54) is 6.08 Å². The number of nitrogens with zero attached hydrogens (tertiary/aromatic N) is 3. The van der Waals surface area contributed by atoms with E-state index in [1.807, 2.05) is 47.1 Å². The van der Waals surface area contributed by atoms with E-state index < -0.39 is 0 Å². The van der Waals surface area contributed by atoms with Gasteiger partial charge in [-0.1, -0.05) is 18.2 Å². The molecule has 5 heteroatoms. The van der Waals surface area contributed by atoms with Crippen molar-refractivity contribution in [1.29, 1.82) is 0 Å². The Morgan fingerprint density at radius 2 is 2.24 bits per heavy atom. The molecule has 3 aromatic rings. The first-order chi connectivity index (χ1) is 10.3. The maximum Gasteiger partial charge on any atom is 0.248 e. The Labute approximate surface area is 122 Å². The lowest BCUT2D eigenvalue weighted by atomic mass is 10.1. The Morgan fingerprint density at radius 1 is 1.33 bits per heavy atom. The van der Waals surface area contributed by atoms with Gasteiger partial charge in [-0.05, 0) is 31.2 Å². The van der Waals surface area contributed by atoms with Crippen LogP contribution in [0.5, 0.6) is 0 Å². The first-order valence-electron chi connectivity index (χ1n) is 6.60. The van der Waals surface area contributed by atoms with E-state index in [2.05, 4.69) is 15.3 Å². The molecule has 3 rings (SSSR count). The fourth-order valence-electron chi connectivity index (χ4n) is 2.06. The molecule has 0 radical (unpaired) electrons. The van der Waals surface area contributed by atoms with E-state index in [-0.39, 0.29) is 5.91 Å². The van der Waals surface area contributed by atoms with Crippen molar-refractivity contribution in [3.63, 3.8) is 0 Å². The Balaban J connectivity index is 1.93. The van der Waals surface area contributed by atoms with E-state index in [1.54, 1.807) is 19.2 Å². The van der Waals surface area contributed by atoms with E-state index in [9.17, 15) is 4.79 Å². The quantitative estimate of drug-likeness (QED) is 0.749. The molecule has 1 N–H and O–H groups in total. The second-order valence-electron chi connectivity index (χ2n) is 4.52. The summed E-state index contributed by atoms with van der Waals surface area (Å²) in [6.07, 6.45) is 8.71. The number of fused-ring (bicyclic) bond motifs is 1. The summed E-state index contributed by atoms with van der Waals surface area (Å²) in [7, 11) is 0. The highest BCUT2D eigenvalue weighted by Gasteiger charge is 2.06. The third-order valence-corrected chi connectivity index (χ3v) is 2.98. The molecule has 5 nitrogen and oxygen atoms in total. The first-order valence-corrected chi connectivity index (χ1v) is 6.60. The van der Waals surface area contributed by atoms with Crippen LogP contribution in [0.1, 0.15) is 6.92 Å². The molecule has 104 valence electrons. The van der Waals surface area contributed by atoms with Crippen LogP contribution in [-0.4, -0.2) is 20.3 Å². The highest BCUT2D eigenvalue weighted by molar-refractivity contribution is 5.99. The smallest absolute Gasteiger partial charge is 0.248 e. The fourth-order valence-corrected chi connectivity index (χ4v) is 2.06. The molecule has 2 aromatic heterocycles. The molecule has 0 bridgehead atoms. The van der Waals surface area contributed by atoms with Crippen molar-refractivity contribution in [2.24, 2.45) is 0 Å². The van der Waals surface area contributed by atoms with Gasteiger partial charge in [0.25, 0.3) is 0 Å². The summed E-state index contributed by atoms with van der Waals surface area (Å²) < 4.78 is 1.86. The van der Waals surface area contributed by atoms with Crippen LogP contribution in [0, 0.1) is 0 Å². The third kappa shape index (κ3) is 2.81. The maximum atomic E-state index is 11.6. The summed E-state index contributed by atoms with van der Waals surface area (Å²) in [5, 5.41) is 2.81. The van der Waals surface area contributed by atoms with E-state index >= 15 is 0 Å². The van der Waals surface area contributed by atoms with Crippen molar-refractivity contribution in [3.8, 4) is 11.3 Å². The summed E-state index contributed by atoms with van der Waals surface area (Å²) in [6, 6.07) is 9.43. The van der Waals surface area contributed by atoms with Gasteiger partial charge in [-0.25, -0.2) is 9.97 Å². The molecular weight excluding hydrogens is 264 g/mol. The van der Waals surface area contributed by atoms with Crippen LogP contribution >= 0.6 is 0 Å². The van der Waals surface area contributed by atoms with Gasteiger partial charge in [0.05, 0.1) is 5.69 Å². The largest absolute Gasteiger partial charge is 0.323 e. The van der Waals surface area contributed by atoms with Crippen molar-refractivity contribution in [3.05, 3.63) is 61.1 Å². The Bertz CT molecular complexity index is 787. The van der Waals surface area contributed by atoms with Crippen LogP contribution in [0.2, 0.25) is 0 Å². The van der Waals surface area contributed by atoms with Crippen LogP contribution in [0.15, 0.2) is 61.1 Å². The van der Waals surface area contributed by atoms with Gasteiger partial charge < -0.3 is 5.32 Å². The lowest BCUT2D eigenvalue weighted by molar-refractivity contribution is -0.111. The Morgan fingerprint density at radius 3 is 3.05 bits per heavy atom. The molecule has 0 atom stereocenters. The SMILES string of the molecule is C/C=C\C(=O)Nc1cccc(-c2cn3cccnc3n2)c1. The normalized spacial score (nSPS) is 11.1. The summed E-state index contributed by atoms with van der Waals surface area (Å²) in [5.41, 5.74) is 2.48. The predicted octanol–water partition coefficient (Wildman–Crippen LogP) is 2.91. The number of benzene rings is 1. The van der Waals surface area contributed by atoms with Crippen molar-refractivity contribution in [1.82, 2.24) is 14.4 Å². The van der Waals surface area contributed by atoms with Crippen LogP contribution in [0.4, 0.5) is 5.69 Å². The minimum Gasteiger partial charge on any atom is -0.323 e. The van der Waals surface area contributed by atoms with Crippen molar-refractivity contribution in [2.75, 3.05) is 5.32 Å². The maximum absolute atomic E-state index is 11.6. The van der Waals surface area contributed by atoms with Crippen LogP contribution < -0.4 is 5.32 Å². The monoisotopic (exact) mass is 278 g/mol. The van der Waals surface area contributed by atoms with Crippen LogP contribution in [-0.2, 0) is 4.79 Å². The zero-order chi connectivity index (χ0) is 14.7. The van der Waals surface area contributed by atoms with Crippen LogP contribution in [0.3, 0.4) is 0 Å². The minimum atomic E-state index is -0.147. The van der Waals surface area contributed by atoms with Gasteiger partial charge in [-0.15, -0.1) is 0 Å². The van der Waals surface area contributed by atoms with Crippen molar-refractivity contribution >= 4 is 17.4 Å². The number of imidazole rings is 1. The number of amides is 1. The number of rotatable bonds is 3. The van der Waals surface area contributed by atoms with E-state index in [0.29, 0.717) is 5.78 Å². The van der Waals surface area contributed by atoms with Gasteiger partial charge in [0.1, 0.15) is 0 Å². The summed E-state index contributed by atoms with van der Waals surface area (Å²) >= 11 is 0. The lowest BCUT2D eigenvalue weighted by Crippen LogP contribution is -2.07. The molecule has 0 saturated heterocycles. The summed E-state index contributed by atoms with van der Waals surface area (Å²) in [5.74, 6) is 0.502. The highest BCUT2D eigenvalue weighted by atomic mass is 16.1.